The molecule has 1 aromatic carbocycles. The topological polar surface area (TPSA) is 80.9 Å². The molecule has 2 aromatic heterocycles. The molecule has 0 spiro atoms. The van der Waals surface area contributed by atoms with Gasteiger partial charge in [0.05, 0.1) is 12.2 Å². The van der Waals surface area contributed by atoms with Crippen LogP contribution in [0.4, 0.5) is 0 Å². The lowest BCUT2D eigenvalue weighted by Gasteiger charge is -2.09. The number of hydrogen-bond donors (Lipinski definition) is 1. The van der Waals surface area contributed by atoms with Crippen molar-refractivity contribution in [3.63, 3.8) is 0 Å². The van der Waals surface area contributed by atoms with E-state index in [9.17, 15) is 4.79 Å². The maximum absolute atomic E-state index is 10.9. The van der Waals surface area contributed by atoms with Crippen molar-refractivity contribution >= 4 is 29.1 Å². The minimum Gasteiger partial charge on any atom is -0.481 e. The summed E-state index contributed by atoms with van der Waals surface area (Å²) in [5.74, 6) is -0.183. The van der Waals surface area contributed by atoms with Crippen LogP contribution in [0.3, 0.4) is 0 Å². The fraction of sp³-hybridized carbons (Fsp3) is 0.250. The van der Waals surface area contributed by atoms with Crippen LogP contribution < -0.4 is 0 Å². The number of carboxylic acid groups (broad SMARTS) is 1. The Hall–Kier alpha value is -2.19. The van der Waals surface area contributed by atoms with Crippen molar-refractivity contribution in [2.75, 3.05) is 5.75 Å². The zero-order valence-corrected chi connectivity index (χ0v) is 14.9. The first kappa shape index (κ1) is 16.7. The van der Waals surface area contributed by atoms with E-state index in [4.69, 9.17) is 5.11 Å². The molecule has 24 heavy (non-hydrogen) atoms. The van der Waals surface area contributed by atoms with Crippen molar-refractivity contribution in [3.8, 4) is 5.69 Å². The summed E-state index contributed by atoms with van der Waals surface area (Å²) in [5, 5.41) is 20.9. The van der Waals surface area contributed by atoms with Gasteiger partial charge in [-0.15, -0.1) is 21.5 Å². The molecule has 0 radical (unpaired) electrons. The van der Waals surface area contributed by atoms with Gasteiger partial charge in [0.25, 0.3) is 0 Å². The van der Waals surface area contributed by atoms with Crippen LogP contribution >= 0.6 is 23.1 Å². The summed E-state index contributed by atoms with van der Waals surface area (Å²) in [6, 6.07) is 8.00. The van der Waals surface area contributed by atoms with Gasteiger partial charge in [0.15, 0.2) is 5.16 Å². The van der Waals surface area contributed by atoms with E-state index in [0.717, 1.165) is 39.5 Å². The highest BCUT2D eigenvalue weighted by atomic mass is 32.2. The maximum Gasteiger partial charge on any atom is 0.313 e. The average Bonchev–Trinajstić information content (AvgIpc) is 3.13. The van der Waals surface area contributed by atoms with Gasteiger partial charge in [0.1, 0.15) is 10.8 Å². The molecule has 0 amide bonds. The Bertz CT molecular complexity index is 855. The van der Waals surface area contributed by atoms with Crippen molar-refractivity contribution in [2.24, 2.45) is 0 Å². The Kier molecular flexibility index (Phi) is 4.96. The molecule has 0 bridgehead atoms. The van der Waals surface area contributed by atoms with Crippen LogP contribution in [0.15, 0.2) is 34.8 Å². The van der Waals surface area contributed by atoms with Crippen molar-refractivity contribution in [2.45, 2.75) is 25.4 Å². The third kappa shape index (κ3) is 3.82. The lowest BCUT2D eigenvalue weighted by molar-refractivity contribution is -0.133. The minimum atomic E-state index is -0.879. The highest BCUT2D eigenvalue weighted by Gasteiger charge is 2.17. The molecule has 124 valence electrons. The van der Waals surface area contributed by atoms with Gasteiger partial charge in [-0.3, -0.25) is 9.36 Å². The number of benzene rings is 1. The molecule has 0 saturated heterocycles. The summed E-state index contributed by atoms with van der Waals surface area (Å²) in [6.45, 7) is 3.98. The van der Waals surface area contributed by atoms with Gasteiger partial charge in [-0.25, -0.2) is 4.98 Å². The Labute approximate surface area is 147 Å². The number of nitrogens with zero attached hydrogens (tertiary/aromatic N) is 4. The highest BCUT2D eigenvalue weighted by molar-refractivity contribution is 7.99. The van der Waals surface area contributed by atoms with E-state index in [2.05, 4.69) is 15.2 Å². The molecule has 0 unspecified atom stereocenters. The Morgan fingerprint density at radius 1 is 1.25 bits per heavy atom. The van der Waals surface area contributed by atoms with Crippen LogP contribution in [0.25, 0.3) is 5.69 Å². The van der Waals surface area contributed by atoms with Gasteiger partial charge in [-0.1, -0.05) is 29.5 Å². The number of rotatable bonds is 6. The summed E-state index contributed by atoms with van der Waals surface area (Å²) in [4.78, 5) is 15.4. The van der Waals surface area contributed by atoms with Gasteiger partial charge < -0.3 is 5.11 Å². The van der Waals surface area contributed by atoms with E-state index >= 15 is 0 Å². The second-order valence-electron chi connectivity index (χ2n) is 5.31. The van der Waals surface area contributed by atoms with Crippen LogP contribution in [0.5, 0.6) is 0 Å². The van der Waals surface area contributed by atoms with E-state index in [-0.39, 0.29) is 5.75 Å². The fourth-order valence-corrected chi connectivity index (χ4v) is 3.67. The lowest BCUT2D eigenvalue weighted by atomic mass is 10.2. The van der Waals surface area contributed by atoms with Gasteiger partial charge in [-0.2, -0.15) is 0 Å². The highest BCUT2D eigenvalue weighted by Crippen LogP contribution is 2.24. The van der Waals surface area contributed by atoms with Gasteiger partial charge in [-0.05, 0) is 26.0 Å². The Morgan fingerprint density at radius 3 is 2.62 bits per heavy atom. The summed E-state index contributed by atoms with van der Waals surface area (Å²) >= 11 is 2.75. The van der Waals surface area contributed by atoms with Gasteiger partial charge in [0.2, 0.25) is 0 Å². The zero-order valence-electron chi connectivity index (χ0n) is 13.3. The van der Waals surface area contributed by atoms with Crippen LogP contribution in [0.1, 0.15) is 22.1 Å². The third-order valence-electron chi connectivity index (χ3n) is 3.29. The monoisotopic (exact) mass is 360 g/mol. The first-order valence-electron chi connectivity index (χ1n) is 7.30. The SMILES string of the molecule is Cc1ccc(-n2c(Cc3nc(C)cs3)nnc2SCC(=O)O)cc1. The van der Waals surface area contributed by atoms with Crippen LogP contribution in [0, 0.1) is 13.8 Å². The standard InChI is InChI=1S/C16H16N4O2S2/c1-10-3-5-12(6-4-10)20-13(7-14-17-11(2)8-23-14)18-19-16(20)24-9-15(21)22/h3-6,8H,7,9H2,1-2H3,(H,21,22). The van der Waals surface area contributed by atoms with E-state index < -0.39 is 5.97 Å². The first-order chi connectivity index (χ1) is 11.5. The van der Waals surface area contributed by atoms with Crippen molar-refractivity contribution in [1.29, 1.82) is 0 Å². The molecular weight excluding hydrogens is 344 g/mol. The lowest BCUT2D eigenvalue weighted by Crippen LogP contribution is -2.05. The van der Waals surface area contributed by atoms with Crippen molar-refractivity contribution < 1.29 is 9.90 Å². The molecule has 2 heterocycles. The number of thiazole rings is 1. The largest absolute Gasteiger partial charge is 0.481 e. The molecule has 0 saturated carbocycles. The van der Waals surface area contributed by atoms with Crippen molar-refractivity contribution in [1.82, 2.24) is 19.7 Å². The third-order valence-corrected chi connectivity index (χ3v) is 5.17. The molecule has 0 aliphatic rings. The van der Waals surface area contributed by atoms with Crippen LogP contribution in [-0.4, -0.2) is 36.6 Å². The second kappa shape index (κ2) is 7.14. The Morgan fingerprint density at radius 2 is 2.00 bits per heavy atom. The molecule has 0 aliphatic carbocycles. The normalized spacial score (nSPS) is 10.9. The summed E-state index contributed by atoms with van der Waals surface area (Å²) in [7, 11) is 0. The number of thioether (sulfide) groups is 1. The maximum atomic E-state index is 10.9. The fourth-order valence-electron chi connectivity index (χ4n) is 2.21. The summed E-state index contributed by atoms with van der Waals surface area (Å²) in [5.41, 5.74) is 3.06. The predicted molar refractivity (Wildman–Crippen MR) is 94.1 cm³/mol. The molecule has 0 fully saturated rings. The molecular formula is C16H16N4O2S2. The summed E-state index contributed by atoms with van der Waals surface area (Å²) in [6.07, 6.45) is 0.563. The zero-order chi connectivity index (χ0) is 17.1. The quantitative estimate of drug-likeness (QED) is 0.680. The van der Waals surface area contributed by atoms with E-state index in [0.29, 0.717) is 11.6 Å². The first-order valence-corrected chi connectivity index (χ1v) is 9.16. The van der Waals surface area contributed by atoms with E-state index in [1.165, 1.54) is 0 Å². The molecule has 6 nitrogen and oxygen atoms in total. The van der Waals surface area contributed by atoms with Gasteiger partial charge >= 0.3 is 5.97 Å². The molecule has 8 heteroatoms. The average molecular weight is 360 g/mol. The molecule has 0 atom stereocenters. The molecule has 0 aliphatic heterocycles. The smallest absolute Gasteiger partial charge is 0.313 e. The van der Waals surface area contributed by atoms with Crippen molar-refractivity contribution in [3.05, 3.63) is 51.7 Å². The minimum absolute atomic E-state index is 0.0552. The predicted octanol–water partition coefficient (Wildman–Crippen LogP) is 3.11. The summed E-state index contributed by atoms with van der Waals surface area (Å²) < 4.78 is 1.91. The Balaban J connectivity index is 1.98. The molecule has 3 aromatic rings. The van der Waals surface area contributed by atoms with Crippen LogP contribution in [0.2, 0.25) is 0 Å². The molecule has 1 N–H and O–H groups in total. The van der Waals surface area contributed by atoms with Crippen LogP contribution in [-0.2, 0) is 11.2 Å². The number of hydrogen-bond acceptors (Lipinski definition) is 6. The number of aryl methyl sites for hydroxylation is 2. The molecule has 3 rings (SSSR count). The van der Waals surface area contributed by atoms with E-state index in [1.807, 2.05) is 48.1 Å². The number of aliphatic carboxylic acids is 1. The second-order valence-corrected chi connectivity index (χ2v) is 7.20. The number of aromatic nitrogens is 4. The van der Waals surface area contributed by atoms with E-state index in [1.54, 1.807) is 11.3 Å². The number of carbonyl (C=O) groups is 1. The van der Waals surface area contributed by atoms with Gasteiger partial charge in [0, 0.05) is 16.8 Å². The number of carboxylic acids is 1.